The fourth-order valence-electron chi connectivity index (χ4n) is 4.65. The third kappa shape index (κ3) is 4.18. The molecule has 1 N–H and O–H groups in total. The zero-order valence-corrected chi connectivity index (χ0v) is 21.3. The summed E-state index contributed by atoms with van der Waals surface area (Å²) in [5, 5.41) is 9.75. The molecule has 0 saturated carbocycles. The zero-order chi connectivity index (χ0) is 25.3. The first-order valence-corrected chi connectivity index (χ1v) is 12.8. The van der Waals surface area contributed by atoms with E-state index in [-0.39, 0.29) is 18.4 Å². The number of fused-ring (bicyclic) bond motifs is 1. The van der Waals surface area contributed by atoms with Crippen LogP contribution in [-0.2, 0) is 24.3 Å². The zero-order valence-electron chi connectivity index (χ0n) is 20.5. The summed E-state index contributed by atoms with van der Waals surface area (Å²) in [5.41, 5.74) is 2.73. The Balaban J connectivity index is 1.53. The van der Waals surface area contributed by atoms with Crippen molar-refractivity contribution in [1.29, 1.82) is 0 Å². The molecule has 0 bridgehead atoms. The van der Waals surface area contributed by atoms with E-state index in [1.54, 1.807) is 28.0 Å². The average Bonchev–Trinajstić information content (AvgIpc) is 3.58. The summed E-state index contributed by atoms with van der Waals surface area (Å²) in [4.78, 5) is 30.5. The maximum atomic E-state index is 14.0. The summed E-state index contributed by atoms with van der Waals surface area (Å²) in [5.74, 6) is 0.279. The van der Waals surface area contributed by atoms with Gasteiger partial charge < -0.3 is 10.1 Å². The minimum atomic E-state index is -1.18. The lowest BCUT2D eigenvalue weighted by atomic mass is 9.92. The number of aromatic nitrogens is 2. The quantitative estimate of drug-likeness (QED) is 0.391. The Kier molecular flexibility index (Phi) is 6.36. The van der Waals surface area contributed by atoms with Crippen molar-refractivity contribution in [3.05, 3.63) is 88.9 Å². The van der Waals surface area contributed by atoms with Gasteiger partial charge in [0.25, 0.3) is 5.91 Å². The van der Waals surface area contributed by atoms with Gasteiger partial charge in [0.1, 0.15) is 22.7 Å². The molecule has 1 aliphatic heterocycles. The Hall–Kier alpha value is -3.91. The Bertz CT molecular complexity index is 1390. The number of benzene rings is 2. The molecule has 0 saturated heterocycles. The van der Waals surface area contributed by atoms with Gasteiger partial charge in [-0.1, -0.05) is 43.3 Å². The molecular weight excluding hydrogens is 472 g/mol. The number of rotatable bonds is 7. The smallest absolute Gasteiger partial charge is 0.277 e. The van der Waals surface area contributed by atoms with Crippen molar-refractivity contribution in [3.8, 4) is 16.3 Å². The number of carbonyl (C=O) groups excluding carboxylic acids is 2. The lowest BCUT2D eigenvalue weighted by Crippen LogP contribution is -2.64. The molecule has 2 aromatic carbocycles. The lowest BCUT2D eigenvalue weighted by Gasteiger charge is -2.43. The summed E-state index contributed by atoms with van der Waals surface area (Å²) >= 11 is 1.57. The van der Waals surface area contributed by atoms with E-state index in [2.05, 4.69) is 5.32 Å². The third-order valence-electron chi connectivity index (χ3n) is 6.64. The summed E-state index contributed by atoms with van der Waals surface area (Å²) in [6, 6.07) is 21.1. The van der Waals surface area contributed by atoms with Crippen molar-refractivity contribution < 1.29 is 14.3 Å². The van der Waals surface area contributed by atoms with Crippen molar-refractivity contribution >= 4 is 28.8 Å². The van der Waals surface area contributed by atoms with E-state index in [1.165, 1.54) is 0 Å². The highest BCUT2D eigenvalue weighted by Gasteiger charge is 2.49. The fraction of sp³-hybridized carbons (Fsp3) is 0.250. The Labute approximate surface area is 214 Å². The van der Waals surface area contributed by atoms with Gasteiger partial charge in [0.05, 0.1) is 18.5 Å². The number of para-hydroxylation sites is 1. The summed E-state index contributed by atoms with van der Waals surface area (Å²) < 4.78 is 6.90. The van der Waals surface area contributed by atoms with E-state index >= 15 is 0 Å². The van der Waals surface area contributed by atoms with Crippen LogP contribution in [0.25, 0.3) is 10.6 Å². The molecule has 0 aliphatic carbocycles. The molecule has 8 heteroatoms. The van der Waals surface area contributed by atoms with Crippen molar-refractivity contribution in [1.82, 2.24) is 15.1 Å². The molecule has 0 radical (unpaired) electrons. The first-order chi connectivity index (χ1) is 17.4. The number of methoxy groups -OCH3 is 1. The highest BCUT2D eigenvalue weighted by Crippen LogP contribution is 2.36. The molecule has 0 spiro atoms. The summed E-state index contributed by atoms with van der Waals surface area (Å²) in [6.45, 7) is 4.44. The van der Waals surface area contributed by atoms with Gasteiger partial charge in [-0.2, -0.15) is 5.10 Å². The maximum Gasteiger partial charge on any atom is 0.277 e. The topological polar surface area (TPSA) is 76.5 Å². The number of nitrogens with zero attached hydrogens (tertiary/aromatic N) is 3. The second-order valence-electron chi connectivity index (χ2n) is 8.98. The van der Waals surface area contributed by atoms with Crippen LogP contribution in [0.2, 0.25) is 0 Å². The van der Waals surface area contributed by atoms with Crippen LogP contribution < -0.4 is 15.0 Å². The molecule has 1 aliphatic rings. The summed E-state index contributed by atoms with van der Waals surface area (Å²) in [6.07, 6.45) is 0.739. The Morgan fingerprint density at radius 2 is 1.92 bits per heavy atom. The molecule has 0 unspecified atom stereocenters. The fourth-order valence-corrected chi connectivity index (χ4v) is 5.33. The normalized spacial score (nSPS) is 17.1. The van der Waals surface area contributed by atoms with Gasteiger partial charge in [-0.25, -0.2) is 0 Å². The number of anilines is 1. The highest BCUT2D eigenvalue weighted by atomic mass is 32.1. The van der Waals surface area contributed by atoms with Crippen LogP contribution in [0.1, 0.15) is 35.5 Å². The molecular formula is C28H28N4O3S. The van der Waals surface area contributed by atoms with Crippen molar-refractivity contribution in [3.63, 3.8) is 0 Å². The minimum absolute atomic E-state index is 0.237. The number of amides is 2. The molecule has 5 rings (SSSR count). The predicted molar refractivity (Wildman–Crippen MR) is 141 cm³/mol. The first-order valence-electron chi connectivity index (χ1n) is 11.9. The van der Waals surface area contributed by atoms with Crippen LogP contribution in [-0.4, -0.2) is 34.2 Å². The van der Waals surface area contributed by atoms with Crippen LogP contribution >= 0.6 is 11.3 Å². The van der Waals surface area contributed by atoms with E-state index < -0.39 is 5.54 Å². The van der Waals surface area contributed by atoms with Crippen LogP contribution in [0.4, 0.5) is 5.69 Å². The van der Waals surface area contributed by atoms with E-state index in [1.807, 2.05) is 86.0 Å². The SMILES string of the molecule is CCc1ccccc1N1C(=O)c2cc(-c3cccs3)nn2C[C@]1(C)C(=O)NCc1ccc(OC)cc1. The number of nitrogens with one attached hydrogen (secondary N) is 1. The number of hydrogen-bond donors (Lipinski definition) is 1. The van der Waals surface area contributed by atoms with E-state index in [4.69, 9.17) is 9.84 Å². The van der Waals surface area contributed by atoms with Crippen LogP contribution in [0.3, 0.4) is 0 Å². The second kappa shape index (κ2) is 9.62. The number of ether oxygens (including phenoxy) is 1. The molecule has 36 heavy (non-hydrogen) atoms. The molecule has 1 atom stereocenters. The first kappa shape index (κ1) is 23.8. The molecule has 0 fully saturated rings. The molecule has 2 aromatic heterocycles. The lowest BCUT2D eigenvalue weighted by molar-refractivity contribution is -0.126. The molecule has 184 valence electrons. The summed E-state index contributed by atoms with van der Waals surface area (Å²) in [7, 11) is 1.62. The number of aryl methyl sites for hydroxylation is 1. The van der Waals surface area contributed by atoms with Crippen LogP contribution in [0.5, 0.6) is 5.75 Å². The van der Waals surface area contributed by atoms with E-state index in [0.717, 1.165) is 39.6 Å². The van der Waals surface area contributed by atoms with Gasteiger partial charge >= 0.3 is 0 Å². The van der Waals surface area contributed by atoms with Crippen LogP contribution in [0, 0.1) is 0 Å². The second-order valence-corrected chi connectivity index (χ2v) is 9.92. The molecule has 3 heterocycles. The number of carbonyl (C=O) groups is 2. The van der Waals surface area contributed by atoms with Gasteiger partial charge in [-0.3, -0.25) is 19.2 Å². The standard InChI is InChI=1S/C28H28N4O3S/c1-4-20-8-5-6-9-23(20)32-26(33)24-16-22(25-10-7-15-36-25)30-31(24)18-28(32,2)27(34)29-17-19-11-13-21(35-3)14-12-19/h5-16H,4,17-18H2,1-3H3,(H,29,34)/t28-/m1/s1. The van der Waals surface area contributed by atoms with E-state index in [9.17, 15) is 9.59 Å². The number of thiophene rings is 1. The largest absolute Gasteiger partial charge is 0.497 e. The Morgan fingerprint density at radius 1 is 1.14 bits per heavy atom. The van der Waals surface area contributed by atoms with Gasteiger partial charge in [0.15, 0.2) is 0 Å². The van der Waals surface area contributed by atoms with E-state index in [0.29, 0.717) is 12.2 Å². The van der Waals surface area contributed by atoms with Crippen LogP contribution in [0.15, 0.2) is 72.1 Å². The third-order valence-corrected chi connectivity index (χ3v) is 7.53. The highest BCUT2D eigenvalue weighted by molar-refractivity contribution is 7.13. The molecule has 7 nitrogen and oxygen atoms in total. The van der Waals surface area contributed by atoms with Gasteiger partial charge in [-0.15, -0.1) is 11.3 Å². The minimum Gasteiger partial charge on any atom is -0.497 e. The Morgan fingerprint density at radius 3 is 2.61 bits per heavy atom. The van der Waals surface area contributed by atoms with Gasteiger partial charge in [-0.05, 0) is 60.2 Å². The average molecular weight is 501 g/mol. The molecule has 4 aromatic rings. The molecule has 2 amide bonds. The number of hydrogen-bond acceptors (Lipinski definition) is 5. The van der Waals surface area contributed by atoms with Gasteiger partial charge in [0, 0.05) is 12.2 Å². The van der Waals surface area contributed by atoms with Gasteiger partial charge in [0.2, 0.25) is 5.91 Å². The maximum absolute atomic E-state index is 14.0. The predicted octanol–water partition coefficient (Wildman–Crippen LogP) is 4.92. The van der Waals surface area contributed by atoms with Crippen molar-refractivity contribution in [2.45, 2.75) is 38.9 Å². The van der Waals surface area contributed by atoms with Crippen molar-refractivity contribution in [2.24, 2.45) is 0 Å². The monoisotopic (exact) mass is 500 g/mol. The van der Waals surface area contributed by atoms with Crippen molar-refractivity contribution in [2.75, 3.05) is 12.0 Å².